The first kappa shape index (κ1) is 22.5. The first-order chi connectivity index (χ1) is 17.0. The number of carbonyl (C=O) groups is 1. The highest BCUT2D eigenvalue weighted by molar-refractivity contribution is 7.13. The Kier molecular flexibility index (Phi) is 5.91. The zero-order valence-electron chi connectivity index (χ0n) is 19.4. The Balaban J connectivity index is 1.40. The number of pyridine rings is 1. The smallest absolute Gasteiger partial charge is 0.339 e. The number of methoxy groups -OCH3 is 2. The summed E-state index contributed by atoms with van der Waals surface area (Å²) in [6, 6.07) is 10.9. The summed E-state index contributed by atoms with van der Waals surface area (Å²) in [5, 5.41) is 11.0. The third kappa shape index (κ3) is 4.21. The molecule has 0 saturated carbocycles. The van der Waals surface area contributed by atoms with E-state index in [9.17, 15) is 4.79 Å². The number of carbonyl (C=O) groups excluding carboxylic acids is 1. The highest BCUT2D eigenvalue weighted by Gasteiger charge is 2.22. The molecule has 0 bridgehead atoms. The molecule has 0 saturated heterocycles. The molecule has 5 aromatic rings. The maximum Gasteiger partial charge on any atom is 0.339 e. The highest BCUT2D eigenvalue weighted by atomic mass is 32.1. The number of aryl methyl sites for hydroxylation is 2. The lowest BCUT2D eigenvalue weighted by molar-refractivity contribution is 0.0432. The van der Waals surface area contributed by atoms with Gasteiger partial charge in [-0.15, -0.1) is 11.3 Å². The summed E-state index contributed by atoms with van der Waals surface area (Å²) in [5.41, 5.74) is 3.02. The van der Waals surface area contributed by atoms with Crippen LogP contribution in [-0.2, 0) is 18.4 Å². The Bertz CT molecular complexity index is 1520. The summed E-state index contributed by atoms with van der Waals surface area (Å²) in [4.78, 5) is 23.1. The predicted molar refractivity (Wildman–Crippen MR) is 129 cm³/mol. The Labute approximate surface area is 204 Å². The van der Waals surface area contributed by atoms with Crippen molar-refractivity contribution in [2.75, 3.05) is 14.2 Å². The number of rotatable bonds is 7. The van der Waals surface area contributed by atoms with E-state index in [4.69, 9.17) is 23.7 Å². The summed E-state index contributed by atoms with van der Waals surface area (Å²) in [7, 11) is 4.90. The molecule has 11 heteroatoms. The Hall–Kier alpha value is -4.25. The van der Waals surface area contributed by atoms with Gasteiger partial charge in [0.15, 0.2) is 23.8 Å². The van der Waals surface area contributed by atoms with E-state index in [0.717, 1.165) is 4.88 Å². The second-order valence-electron chi connectivity index (χ2n) is 7.60. The van der Waals surface area contributed by atoms with Crippen LogP contribution < -0.4 is 9.47 Å². The second kappa shape index (κ2) is 9.18. The predicted octanol–water partition coefficient (Wildman–Crippen LogP) is 4.43. The van der Waals surface area contributed by atoms with Crippen molar-refractivity contribution >= 4 is 28.3 Å². The van der Waals surface area contributed by atoms with E-state index >= 15 is 0 Å². The molecule has 4 aromatic heterocycles. The normalized spacial score (nSPS) is 11.1. The number of ether oxygens (including phenoxy) is 3. The number of thiophene rings is 1. The van der Waals surface area contributed by atoms with Gasteiger partial charge >= 0.3 is 5.97 Å². The van der Waals surface area contributed by atoms with Crippen LogP contribution in [0.4, 0.5) is 0 Å². The van der Waals surface area contributed by atoms with E-state index < -0.39 is 5.97 Å². The third-order valence-electron chi connectivity index (χ3n) is 5.40. The minimum atomic E-state index is -0.530. The first-order valence-corrected chi connectivity index (χ1v) is 11.5. The standard InChI is InChI=1S/C24H21N5O5S/c1-13-21-15(11-16(19-6-5-9-35-19)25-23(21)29(2)27-13)24(30)33-12-20-26-22(28-34-20)14-7-8-17(31-3)18(10-14)32-4/h5-11H,12H2,1-4H3. The van der Waals surface area contributed by atoms with Crippen molar-refractivity contribution in [3.8, 4) is 33.5 Å². The van der Waals surface area contributed by atoms with Crippen molar-refractivity contribution in [1.29, 1.82) is 0 Å². The summed E-state index contributed by atoms with van der Waals surface area (Å²) >= 11 is 1.54. The van der Waals surface area contributed by atoms with Gasteiger partial charge in [0.2, 0.25) is 5.82 Å². The van der Waals surface area contributed by atoms with Crippen molar-refractivity contribution < 1.29 is 23.5 Å². The Morgan fingerprint density at radius 1 is 1.11 bits per heavy atom. The Morgan fingerprint density at radius 3 is 2.69 bits per heavy atom. The molecule has 0 spiro atoms. The number of benzene rings is 1. The van der Waals surface area contributed by atoms with Gasteiger partial charge in [-0.05, 0) is 42.6 Å². The van der Waals surface area contributed by atoms with E-state index in [2.05, 4.69) is 15.2 Å². The molecule has 0 fully saturated rings. The molecule has 1 aromatic carbocycles. The van der Waals surface area contributed by atoms with Crippen LogP contribution in [0.2, 0.25) is 0 Å². The van der Waals surface area contributed by atoms with Crippen molar-refractivity contribution in [2.45, 2.75) is 13.5 Å². The number of nitrogens with zero attached hydrogens (tertiary/aromatic N) is 5. The monoisotopic (exact) mass is 491 g/mol. The summed E-state index contributed by atoms with van der Waals surface area (Å²) in [6.45, 7) is 1.65. The van der Waals surface area contributed by atoms with Gasteiger partial charge in [-0.1, -0.05) is 11.2 Å². The van der Waals surface area contributed by atoms with Crippen LogP contribution in [0.3, 0.4) is 0 Å². The third-order valence-corrected chi connectivity index (χ3v) is 6.29. The van der Waals surface area contributed by atoms with Crippen molar-refractivity contribution in [1.82, 2.24) is 24.9 Å². The lowest BCUT2D eigenvalue weighted by atomic mass is 10.1. The van der Waals surface area contributed by atoms with Gasteiger partial charge in [0, 0.05) is 12.6 Å². The van der Waals surface area contributed by atoms with Crippen LogP contribution in [0.15, 0.2) is 46.3 Å². The molecule has 0 unspecified atom stereocenters. The van der Waals surface area contributed by atoms with E-state index in [1.807, 2.05) is 24.4 Å². The zero-order chi connectivity index (χ0) is 24.5. The first-order valence-electron chi connectivity index (χ1n) is 10.6. The average molecular weight is 492 g/mol. The summed E-state index contributed by atoms with van der Waals surface area (Å²) in [5.74, 6) is 1.10. The van der Waals surface area contributed by atoms with Crippen molar-refractivity contribution in [3.05, 3.63) is 58.9 Å². The molecule has 0 aliphatic rings. The molecule has 4 heterocycles. The van der Waals surface area contributed by atoms with Gasteiger partial charge in [0.1, 0.15) is 0 Å². The summed E-state index contributed by atoms with van der Waals surface area (Å²) in [6.07, 6.45) is 0. The van der Waals surface area contributed by atoms with Crippen LogP contribution in [0.25, 0.3) is 33.0 Å². The fraction of sp³-hybridized carbons (Fsp3) is 0.208. The fourth-order valence-corrected chi connectivity index (χ4v) is 4.45. The second-order valence-corrected chi connectivity index (χ2v) is 8.55. The summed E-state index contributed by atoms with van der Waals surface area (Å²) < 4.78 is 23.1. The molecule has 178 valence electrons. The molecule has 0 atom stereocenters. The minimum absolute atomic E-state index is 0.162. The van der Waals surface area contributed by atoms with E-state index in [1.165, 1.54) is 11.3 Å². The molecule has 0 amide bonds. The fourth-order valence-electron chi connectivity index (χ4n) is 3.77. The SMILES string of the molecule is COc1ccc(-c2noc(COC(=O)c3cc(-c4cccs4)nc4c3c(C)nn4C)n2)cc1OC. The molecular formula is C24H21N5O5S. The van der Waals surface area contributed by atoms with E-state index in [1.54, 1.807) is 50.2 Å². The molecule has 35 heavy (non-hydrogen) atoms. The number of esters is 1. The maximum atomic E-state index is 13.1. The van der Waals surface area contributed by atoms with E-state index in [0.29, 0.717) is 50.9 Å². The van der Waals surface area contributed by atoms with Crippen LogP contribution in [-0.4, -0.2) is 45.1 Å². The Morgan fingerprint density at radius 2 is 1.94 bits per heavy atom. The average Bonchev–Trinajstić information content (AvgIpc) is 3.63. The van der Waals surface area contributed by atoms with Crippen LogP contribution in [0, 0.1) is 6.92 Å². The molecule has 0 aliphatic carbocycles. The largest absolute Gasteiger partial charge is 0.493 e. The highest BCUT2D eigenvalue weighted by Crippen LogP contribution is 2.32. The van der Waals surface area contributed by atoms with Crippen LogP contribution in [0.5, 0.6) is 11.5 Å². The van der Waals surface area contributed by atoms with Gasteiger partial charge in [-0.2, -0.15) is 10.1 Å². The van der Waals surface area contributed by atoms with Gasteiger partial charge < -0.3 is 18.7 Å². The zero-order valence-corrected chi connectivity index (χ0v) is 20.3. The van der Waals surface area contributed by atoms with Gasteiger partial charge in [0.25, 0.3) is 5.89 Å². The number of fused-ring (bicyclic) bond motifs is 1. The lowest BCUT2D eigenvalue weighted by Gasteiger charge is -2.07. The quantitative estimate of drug-likeness (QED) is 0.305. The molecule has 0 N–H and O–H groups in total. The van der Waals surface area contributed by atoms with Crippen molar-refractivity contribution in [2.24, 2.45) is 7.05 Å². The van der Waals surface area contributed by atoms with Crippen LogP contribution >= 0.6 is 11.3 Å². The van der Waals surface area contributed by atoms with Gasteiger partial charge in [-0.3, -0.25) is 4.68 Å². The molecule has 5 rings (SSSR count). The topological polar surface area (TPSA) is 114 Å². The van der Waals surface area contributed by atoms with Crippen molar-refractivity contribution in [3.63, 3.8) is 0 Å². The maximum absolute atomic E-state index is 13.1. The van der Waals surface area contributed by atoms with Crippen LogP contribution in [0.1, 0.15) is 21.9 Å². The van der Waals surface area contributed by atoms with Gasteiger partial charge in [0.05, 0.1) is 41.4 Å². The molecule has 10 nitrogen and oxygen atoms in total. The minimum Gasteiger partial charge on any atom is -0.493 e. The number of hydrogen-bond acceptors (Lipinski definition) is 10. The molecular weight excluding hydrogens is 470 g/mol. The molecule has 0 radical (unpaired) electrons. The van der Waals surface area contributed by atoms with Gasteiger partial charge in [-0.25, -0.2) is 9.78 Å². The van der Waals surface area contributed by atoms with E-state index in [-0.39, 0.29) is 12.5 Å². The number of hydrogen-bond donors (Lipinski definition) is 0. The molecule has 0 aliphatic heterocycles. The number of aromatic nitrogens is 5. The lowest BCUT2D eigenvalue weighted by Crippen LogP contribution is -2.07.